The van der Waals surface area contributed by atoms with Crippen LogP contribution in [0.5, 0.6) is 11.5 Å². The number of benzene rings is 1. The third-order valence-corrected chi connectivity index (χ3v) is 6.96. The molecule has 1 atom stereocenters. The zero-order valence-electron chi connectivity index (χ0n) is 17.6. The average molecular weight is 429 g/mol. The number of ether oxygens (including phenoxy) is 3. The molecular weight excluding hydrogens is 396 g/mol. The van der Waals surface area contributed by atoms with Gasteiger partial charge in [0.15, 0.2) is 11.5 Å². The zero-order chi connectivity index (χ0) is 21.4. The van der Waals surface area contributed by atoms with Crippen molar-refractivity contribution in [3.63, 3.8) is 0 Å². The molecule has 2 rings (SSSR count). The van der Waals surface area contributed by atoms with Gasteiger partial charge in [-0.25, -0.2) is 8.42 Å². The molecule has 0 saturated heterocycles. The predicted octanol–water partition coefficient (Wildman–Crippen LogP) is 2.18. The van der Waals surface area contributed by atoms with Crippen LogP contribution in [0.1, 0.15) is 39.0 Å². The highest BCUT2D eigenvalue weighted by atomic mass is 32.2. The second-order valence-electron chi connectivity index (χ2n) is 7.28. The minimum atomic E-state index is -3.90. The Morgan fingerprint density at radius 2 is 1.79 bits per heavy atom. The van der Waals surface area contributed by atoms with E-state index in [4.69, 9.17) is 14.2 Å². The highest BCUT2D eigenvalue weighted by Gasteiger charge is 2.34. The lowest BCUT2D eigenvalue weighted by atomic mass is 9.95. The minimum Gasteiger partial charge on any atom is -0.493 e. The van der Waals surface area contributed by atoms with Crippen LogP contribution in [0.25, 0.3) is 0 Å². The summed E-state index contributed by atoms with van der Waals surface area (Å²) in [6.45, 7) is 1.95. The smallest absolute Gasteiger partial charge is 0.243 e. The summed E-state index contributed by atoms with van der Waals surface area (Å²) >= 11 is 0. The lowest BCUT2D eigenvalue weighted by Gasteiger charge is -2.33. The lowest BCUT2D eigenvalue weighted by Crippen LogP contribution is -2.49. The molecule has 0 radical (unpaired) electrons. The van der Waals surface area contributed by atoms with Gasteiger partial charge in [-0.1, -0.05) is 19.3 Å². The van der Waals surface area contributed by atoms with E-state index >= 15 is 0 Å². The summed E-state index contributed by atoms with van der Waals surface area (Å²) in [4.78, 5) is 12.6. The molecule has 164 valence electrons. The lowest BCUT2D eigenvalue weighted by molar-refractivity contribution is -0.122. The van der Waals surface area contributed by atoms with Gasteiger partial charge in [0, 0.05) is 25.3 Å². The van der Waals surface area contributed by atoms with Crippen LogP contribution in [0.2, 0.25) is 0 Å². The van der Waals surface area contributed by atoms with Crippen molar-refractivity contribution in [3.05, 3.63) is 18.2 Å². The van der Waals surface area contributed by atoms with Gasteiger partial charge < -0.3 is 19.5 Å². The van der Waals surface area contributed by atoms with Crippen molar-refractivity contribution in [1.29, 1.82) is 0 Å². The van der Waals surface area contributed by atoms with E-state index < -0.39 is 10.0 Å². The summed E-state index contributed by atoms with van der Waals surface area (Å²) in [6, 6.07) is 4.08. The standard InChI is InChI=1S/C20H32N2O6S/c1-15(14-26-2)21-20(23)13-22(16-8-6-5-7-9-16)29(24,25)17-10-11-18(27-3)19(12-17)28-4/h10-12,15-16H,5-9,13-14H2,1-4H3,(H,21,23)/t15-/m0/s1. The van der Waals surface area contributed by atoms with Crippen LogP contribution in [0.3, 0.4) is 0 Å². The molecule has 1 aliphatic rings. The number of nitrogens with one attached hydrogen (secondary N) is 1. The van der Waals surface area contributed by atoms with E-state index in [1.165, 1.54) is 30.7 Å². The van der Waals surface area contributed by atoms with Crippen molar-refractivity contribution in [2.45, 2.75) is 56.0 Å². The van der Waals surface area contributed by atoms with Crippen molar-refractivity contribution in [2.24, 2.45) is 0 Å². The maximum absolute atomic E-state index is 13.5. The van der Waals surface area contributed by atoms with Crippen LogP contribution in [0.4, 0.5) is 0 Å². The largest absolute Gasteiger partial charge is 0.493 e. The highest BCUT2D eigenvalue weighted by molar-refractivity contribution is 7.89. The van der Waals surface area contributed by atoms with E-state index in [-0.39, 0.29) is 29.4 Å². The Morgan fingerprint density at radius 1 is 1.14 bits per heavy atom. The van der Waals surface area contributed by atoms with Gasteiger partial charge in [-0.05, 0) is 31.9 Å². The van der Waals surface area contributed by atoms with Gasteiger partial charge in [0.2, 0.25) is 15.9 Å². The first-order valence-corrected chi connectivity index (χ1v) is 11.3. The van der Waals surface area contributed by atoms with E-state index in [2.05, 4.69) is 5.32 Å². The number of amides is 1. The number of sulfonamides is 1. The van der Waals surface area contributed by atoms with Gasteiger partial charge in [-0.3, -0.25) is 4.79 Å². The number of hydrogen-bond donors (Lipinski definition) is 1. The second-order valence-corrected chi connectivity index (χ2v) is 9.17. The first-order valence-electron chi connectivity index (χ1n) is 9.85. The molecule has 29 heavy (non-hydrogen) atoms. The number of rotatable bonds is 10. The number of nitrogens with zero attached hydrogens (tertiary/aromatic N) is 1. The van der Waals surface area contributed by atoms with E-state index in [9.17, 15) is 13.2 Å². The topological polar surface area (TPSA) is 94.2 Å². The Hall–Kier alpha value is -1.84. The molecule has 0 spiro atoms. The van der Waals surface area contributed by atoms with Crippen molar-refractivity contribution in [3.8, 4) is 11.5 Å². The fourth-order valence-corrected chi connectivity index (χ4v) is 5.30. The van der Waals surface area contributed by atoms with Crippen molar-refractivity contribution >= 4 is 15.9 Å². The van der Waals surface area contributed by atoms with E-state index in [0.29, 0.717) is 18.1 Å². The molecule has 1 aromatic rings. The Labute approximate surface area is 173 Å². The van der Waals surface area contributed by atoms with Gasteiger partial charge in [-0.2, -0.15) is 4.31 Å². The fraction of sp³-hybridized carbons (Fsp3) is 0.650. The first kappa shape index (κ1) is 23.4. The van der Waals surface area contributed by atoms with E-state index in [1.54, 1.807) is 13.2 Å². The molecule has 0 aromatic heterocycles. The fourth-order valence-electron chi connectivity index (χ4n) is 3.65. The quantitative estimate of drug-likeness (QED) is 0.614. The monoisotopic (exact) mass is 428 g/mol. The van der Waals surface area contributed by atoms with Crippen LogP contribution in [0.15, 0.2) is 23.1 Å². The van der Waals surface area contributed by atoms with Crippen LogP contribution < -0.4 is 14.8 Å². The summed E-state index contributed by atoms with van der Waals surface area (Å²) < 4.78 is 43.8. The maximum Gasteiger partial charge on any atom is 0.243 e. The van der Waals surface area contributed by atoms with Crippen LogP contribution in [0, 0.1) is 0 Å². The molecule has 0 bridgehead atoms. The summed E-state index contributed by atoms with van der Waals surface area (Å²) in [5.74, 6) is 0.432. The SMILES string of the molecule is COC[C@H](C)NC(=O)CN(C1CCCCC1)S(=O)(=O)c1ccc(OC)c(OC)c1. The molecule has 1 fully saturated rings. The number of carbonyl (C=O) groups is 1. The summed E-state index contributed by atoms with van der Waals surface area (Å²) in [5, 5.41) is 2.80. The zero-order valence-corrected chi connectivity index (χ0v) is 18.5. The number of carbonyl (C=O) groups excluding carboxylic acids is 1. The Balaban J connectivity index is 2.32. The van der Waals surface area contributed by atoms with E-state index in [1.807, 2.05) is 6.92 Å². The van der Waals surface area contributed by atoms with Crippen LogP contribution >= 0.6 is 0 Å². The molecule has 0 heterocycles. The molecule has 9 heteroatoms. The van der Waals surface area contributed by atoms with Crippen LogP contribution in [-0.4, -0.2) is 65.2 Å². The van der Waals surface area contributed by atoms with Gasteiger partial charge in [0.25, 0.3) is 0 Å². The van der Waals surface area contributed by atoms with Gasteiger partial charge in [0.05, 0.1) is 32.3 Å². The molecule has 1 amide bonds. The molecule has 0 unspecified atom stereocenters. The van der Waals surface area contributed by atoms with Crippen LogP contribution in [-0.2, 0) is 19.6 Å². The first-order chi connectivity index (χ1) is 13.8. The molecule has 1 aromatic carbocycles. The van der Waals surface area contributed by atoms with Gasteiger partial charge in [-0.15, -0.1) is 0 Å². The molecule has 1 saturated carbocycles. The summed E-state index contributed by atoms with van der Waals surface area (Å²) in [7, 11) is 0.606. The normalized spacial score (nSPS) is 16.4. The Kier molecular flexibility index (Phi) is 8.73. The Bertz CT molecular complexity index is 777. The Morgan fingerprint density at radius 3 is 2.38 bits per heavy atom. The van der Waals surface area contributed by atoms with Crippen molar-refractivity contribution in [2.75, 3.05) is 34.5 Å². The number of hydrogen-bond acceptors (Lipinski definition) is 6. The molecule has 0 aliphatic heterocycles. The molecular formula is C20H32N2O6S. The molecule has 1 aliphatic carbocycles. The highest BCUT2D eigenvalue weighted by Crippen LogP contribution is 2.33. The second kappa shape index (κ2) is 10.8. The summed E-state index contributed by atoms with van der Waals surface area (Å²) in [5.41, 5.74) is 0. The molecule has 8 nitrogen and oxygen atoms in total. The third-order valence-electron chi connectivity index (χ3n) is 5.07. The minimum absolute atomic E-state index is 0.0819. The van der Waals surface area contributed by atoms with Gasteiger partial charge in [0.1, 0.15) is 0 Å². The third kappa shape index (κ3) is 6.07. The van der Waals surface area contributed by atoms with Gasteiger partial charge >= 0.3 is 0 Å². The average Bonchev–Trinajstić information content (AvgIpc) is 2.72. The predicted molar refractivity (Wildman–Crippen MR) is 110 cm³/mol. The van der Waals surface area contributed by atoms with Crippen molar-refractivity contribution < 1.29 is 27.4 Å². The number of methoxy groups -OCH3 is 3. The molecule has 1 N–H and O–H groups in total. The van der Waals surface area contributed by atoms with E-state index in [0.717, 1.165) is 32.1 Å². The maximum atomic E-state index is 13.5. The van der Waals surface area contributed by atoms with Crippen molar-refractivity contribution in [1.82, 2.24) is 9.62 Å². The summed E-state index contributed by atoms with van der Waals surface area (Å²) in [6.07, 6.45) is 4.47.